The number of rotatable bonds is 6. The van der Waals surface area contributed by atoms with Crippen LogP contribution in [0.2, 0.25) is 5.02 Å². The van der Waals surface area contributed by atoms with E-state index in [1.165, 1.54) is 18.2 Å². The highest BCUT2D eigenvalue weighted by Gasteiger charge is 2.11. The van der Waals surface area contributed by atoms with Crippen LogP contribution in [0, 0.1) is 14.9 Å². The first-order valence-electron chi connectivity index (χ1n) is 8.83. The third kappa shape index (κ3) is 5.99. The van der Waals surface area contributed by atoms with E-state index in [-0.39, 0.29) is 11.3 Å². The maximum Gasteiger partial charge on any atom is 0.266 e. The van der Waals surface area contributed by atoms with Crippen LogP contribution in [0.4, 0.5) is 5.69 Å². The second-order valence-corrected chi connectivity index (χ2v) is 7.87. The summed E-state index contributed by atoms with van der Waals surface area (Å²) < 4.78 is 6.70. The van der Waals surface area contributed by atoms with Gasteiger partial charge in [0.1, 0.15) is 29.7 Å². The van der Waals surface area contributed by atoms with Gasteiger partial charge < -0.3 is 15.2 Å². The second kappa shape index (κ2) is 10.1. The third-order valence-corrected chi connectivity index (χ3v) is 5.16. The lowest BCUT2D eigenvalue weighted by Crippen LogP contribution is -2.13. The summed E-state index contributed by atoms with van der Waals surface area (Å²) >= 11 is 8.04. The maximum atomic E-state index is 12.4. The van der Waals surface area contributed by atoms with Crippen molar-refractivity contribution >= 4 is 51.9 Å². The minimum absolute atomic E-state index is 0.0336. The molecule has 0 spiro atoms. The number of hydrogen-bond acceptors (Lipinski definition) is 4. The van der Waals surface area contributed by atoms with Gasteiger partial charge in [0.15, 0.2) is 0 Å². The van der Waals surface area contributed by atoms with Gasteiger partial charge in [0.05, 0.1) is 3.57 Å². The zero-order valence-corrected chi connectivity index (χ0v) is 18.5. The molecular weight excluding hydrogens is 515 g/mol. The van der Waals surface area contributed by atoms with Crippen molar-refractivity contribution in [3.05, 3.63) is 92.0 Å². The van der Waals surface area contributed by atoms with Gasteiger partial charge in [-0.15, -0.1) is 0 Å². The van der Waals surface area contributed by atoms with Crippen LogP contribution in [0.15, 0.2) is 72.3 Å². The van der Waals surface area contributed by atoms with Gasteiger partial charge in [-0.25, -0.2) is 0 Å². The minimum atomic E-state index is -0.527. The second-order valence-electron chi connectivity index (χ2n) is 6.28. The van der Waals surface area contributed by atoms with Crippen molar-refractivity contribution in [2.75, 3.05) is 5.32 Å². The average molecular weight is 531 g/mol. The quantitative estimate of drug-likeness (QED) is 0.183. The molecule has 0 aromatic heterocycles. The Balaban J connectivity index is 1.69. The lowest BCUT2D eigenvalue weighted by Gasteiger charge is -2.09. The number of phenols is 1. The third-order valence-electron chi connectivity index (χ3n) is 4.06. The molecule has 1 amide bonds. The van der Waals surface area contributed by atoms with Crippen LogP contribution in [0.25, 0.3) is 6.08 Å². The SMILES string of the molecule is N#C/C(=C\c1ccc(OCc2ccc(Cl)cc2)c(I)c1)C(=O)Nc1ccc(O)cc1. The van der Waals surface area contributed by atoms with Crippen molar-refractivity contribution < 1.29 is 14.6 Å². The number of hydrogen-bond donors (Lipinski definition) is 2. The zero-order valence-electron chi connectivity index (χ0n) is 15.6. The molecule has 0 saturated carbocycles. The number of anilines is 1. The molecule has 150 valence electrons. The molecule has 2 N–H and O–H groups in total. The van der Waals surface area contributed by atoms with Crippen molar-refractivity contribution in [3.63, 3.8) is 0 Å². The Morgan fingerprint density at radius 3 is 2.47 bits per heavy atom. The van der Waals surface area contributed by atoms with Crippen molar-refractivity contribution in [1.29, 1.82) is 5.26 Å². The molecule has 3 rings (SSSR count). The van der Waals surface area contributed by atoms with Gasteiger partial charge in [-0.3, -0.25) is 4.79 Å². The molecule has 0 unspecified atom stereocenters. The number of aromatic hydroxyl groups is 1. The molecule has 3 aromatic carbocycles. The predicted octanol–water partition coefficient (Wildman–Crippen LogP) is 5.77. The van der Waals surface area contributed by atoms with E-state index in [4.69, 9.17) is 16.3 Å². The summed E-state index contributed by atoms with van der Waals surface area (Å²) in [6.45, 7) is 0.404. The van der Waals surface area contributed by atoms with Crippen LogP contribution < -0.4 is 10.1 Å². The predicted molar refractivity (Wildman–Crippen MR) is 125 cm³/mol. The number of benzene rings is 3. The van der Waals surface area contributed by atoms with Gasteiger partial charge in [0.2, 0.25) is 0 Å². The number of nitriles is 1. The Kier molecular flexibility index (Phi) is 7.33. The summed E-state index contributed by atoms with van der Waals surface area (Å²) in [4.78, 5) is 12.4. The van der Waals surface area contributed by atoms with E-state index >= 15 is 0 Å². The summed E-state index contributed by atoms with van der Waals surface area (Å²) in [5, 5.41) is 22.0. The largest absolute Gasteiger partial charge is 0.508 e. The minimum Gasteiger partial charge on any atom is -0.508 e. The van der Waals surface area contributed by atoms with E-state index in [9.17, 15) is 15.2 Å². The highest BCUT2D eigenvalue weighted by molar-refractivity contribution is 14.1. The number of nitrogens with zero attached hydrogens (tertiary/aromatic N) is 1. The summed E-state index contributed by atoms with van der Waals surface area (Å²) in [7, 11) is 0. The summed E-state index contributed by atoms with van der Waals surface area (Å²) in [6, 6.07) is 20.8. The Bertz CT molecular complexity index is 1120. The van der Waals surface area contributed by atoms with Gasteiger partial charge >= 0.3 is 0 Å². The summed E-state index contributed by atoms with van der Waals surface area (Å²) in [5.74, 6) is 0.271. The topological polar surface area (TPSA) is 82.3 Å². The molecule has 0 atom stereocenters. The first-order valence-corrected chi connectivity index (χ1v) is 10.3. The van der Waals surface area contributed by atoms with Crippen molar-refractivity contribution in [3.8, 4) is 17.6 Å². The fraction of sp³-hybridized carbons (Fsp3) is 0.0435. The van der Waals surface area contributed by atoms with Crippen LogP contribution in [0.5, 0.6) is 11.5 Å². The van der Waals surface area contributed by atoms with Crippen LogP contribution >= 0.6 is 34.2 Å². The Morgan fingerprint density at radius 1 is 1.13 bits per heavy atom. The van der Waals surface area contributed by atoms with Crippen molar-refractivity contribution in [1.82, 2.24) is 0 Å². The first kappa shape index (κ1) is 21.7. The number of carbonyl (C=O) groups excluding carboxylic acids is 1. The number of halogens is 2. The molecule has 0 aliphatic carbocycles. The van der Waals surface area contributed by atoms with Gasteiger partial charge in [0.25, 0.3) is 5.91 Å². The number of ether oxygens (including phenoxy) is 1. The smallest absolute Gasteiger partial charge is 0.266 e. The molecule has 0 saturated heterocycles. The van der Waals surface area contributed by atoms with E-state index in [1.807, 2.05) is 36.4 Å². The Labute approximate surface area is 192 Å². The monoisotopic (exact) mass is 530 g/mol. The lowest BCUT2D eigenvalue weighted by atomic mass is 10.1. The van der Waals surface area contributed by atoms with Crippen LogP contribution in [-0.2, 0) is 11.4 Å². The zero-order chi connectivity index (χ0) is 21.5. The fourth-order valence-corrected chi connectivity index (χ4v) is 3.35. The van der Waals surface area contributed by atoms with Gasteiger partial charge in [-0.1, -0.05) is 29.8 Å². The molecule has 5 nitrogen and oxygen atoms in total. The molecule has 0 bridgehead atoms. The molecule has 30 heavy (non-hydrogen) atoms. The van der Waals surface area contributed by atoms with Crippen molar-refractivity contribution in [2.45, 2.75) is 6.61 Å². The van der Waals surface area contributed by atoms with E-state index < -0.39 is 5.91 Å². The van der Waals surface area contributed by atoms with Crippen LogP contribution in [0.3, 0.4) is 0 Å². The van der Waals surface area contributed by atoms with Gasteiger partial charge in [-0.05, 0) is 88.3 Å². The Morgan fingerprint density at radius 2 is 1.83 bits per heavy atom. The molecule has 0 fully saturated rings. The molecular formula is C23H16ClIN2O3. The molecule has 3 aromatic rings. The summed E-state index contributed by atoms with van der Waals surface area (Å²) in [5.41, 5.74) is 2.15. The highest BCUT2D eigenvalue weighted by Crippen LogP contribution is 2.25. The number of amides is 1. The van der Waals surface area contributed by atoms with E-state index in [0.29, 0.717) is 28.6 Å². The first-order chi connectivity index (χ1) is 14.4. The van der Waals surface area contributed by atoms with Crippen LogP contribution in [-0.4, -0.2) is 11.0 Å². The van der Waals surface area contributed by atoms with Gasteiger partial charge in [-0.2, -0.15) is 5.26 Å². The maximum absolute atomic E-state index is 12.4. The molecule has 0 heterocycles. The standard InChI is InChI=1S/C23H16ClIN2O3/c24-18-4-1-15(2-5-18)14-30-22-10-3-16(12-21(22)25)11-17(13-26)23(29)27-19-6-8-20(28)9-7-19/h1-12,28H,14H2,(H,27,29)/b17-11+. The average Bonchev–Trinajstić information content (AvgIpc) is 2.74. The molecule has 0 aliphatic rings. The normalized spacial score (nSPS) is 10.9. The highest BCUT2D eigenvalue weighted by atomic mass is 127. The molecule has 0 aliphatic heterocycles. The number of phenolic OH excluding ortho intramolecular Hbond substituents is 1. The van der Waals surface area contributed by atoms with Crippen molar-refractivity contribution in [2.24, 2.45) is 0 Å². The van der Waals surface area contributed by atoms with E-state index in [1.54, 1.807) is 24.3 Å². The van der Waals surface area contributed by atoms with E-state index in [2.05, 4.69) is 27.9 Å². The molecule has 7 heteroatoms. The molecule has 0 radical (unpaired) electrons. The number of nitrogens with one attached hydrogen (secondary N) is 1. The lowest BCUT2D eigenvalue weighted by molar-refractivity contribution is -0.112. The summed E-state index contributed by atoms with van der Waals surface area (Å²) in [6.07, 6.45) is 1.51. The van der Waals surface area contributed by atoms with E-state index in [0.717, 1.165) is 9.13 Å². The Hall–Kier alpha value is -3.02. The fourth-order valence-electron chi connectivity index (χ4n) is 2.52. The van der Waals surface area contributed by atoms with Crippen LogP contribution in [0.1, 0.15) is 11.1 Å². The number of carbonyl (C=O) groups is 1. The van der Waals surface area contributed by atoms with Gasteiger partial charge in [0, 0.05) is 10.7 Å².